The molecule has 0 spiro atoms. The molecule has 0 heterocycles. The monoisotopic (exact) mass is 397 g/mol. The van der Waals surface area contributed by atoms with Crippen LogP contribution in [0.3, 0.4) is 0 Å². The summed E-state index contributed by atoms with van der Waals surface area (Å²) in [6, 6.07) is 10.4. The van der Waals surface area contributed by atoms with Crippen molar-refractivity contribution < 1.29 is 5.11 Å². The molecular weight excluding hydrogens is 358 g/mol. The summed E-state index contributed by atoms with van der Waals surface area (Å²) < 4.78 is 0. The van der Waals surface area contributed by atoms with Crippen LogP contribution in [0.15, 0.2) is 72.1 Å². The van der Waals surface area contributed by atoms with Gasteiger partial charge in [0.2, 0.25) is 0 Å². The van der Waals surface area contributed by atoms with E-state index in [-0.39, 0.29) is 6.61 Å². The van der Waals surface area contributed by atoms with E-state index in [0.717, 1.165) is 75.1 Å². The standard InChI is InChI=1S/C25H39N3O/c1-5-15-25(6-2)28(23(4)16-11-8-7-9-14-19-29)27-22(3)20-26-21-24-17-12-10-13-18-24/h6,10,12-13,15,17-18,26,29H,2,4-5,7-9,11,14,16,19-21H2,1,3H3/b25-15+,27-22+. The number of hydrazone groups is 1. The van der Waals surface area contributed by atoms with Gasteiger partial charge in [0.15, 0.2) is 0 Å². The topological polar surface area (TPSA) is 47.9 Å². The largest absolute Gasteiger partial charge is 0.396 e. The lowest BCUT2D eigenvalue weighted by atomic mass is 10.1. The minimum Gasteiger partial charge on any atom is -0.396 e. The molecule has 0 aliphatic heterocycles. The number of nitrogens with one attached hydrogen (secondary N) is 1. The summed E-state index contributed by atoms with van der Waals surface area (Å²) in [7, 11) is 0. The number of unbranched alkanes of at least 4 members (excludes halogenated alkanes) is 4. The third kappa shape index (κ3) is 10.8. The summed E-state index contributed by atoms with van der Waals surface area (Å²) in [5.74, 6) is 0. The molecule has 4 nitrogen and oxygen atoms in total. The normalized spacial score (nSPS) is 12.1. The van der Waals surface area contributed by atoms with E-state index in [1.54, 1.807) is 0 Å². The Morgan fingerprint density at radius 3 is 2.48 bits per heavy atom. The molecule has 29 heavy (non-hydrogen) atoms. The van der Waals surface area contributed by atoms with Crippen molar-refractivity contribution in [3.8, 4) is 0 Å². The SMILES string of the molecule is C=C/C(=C\CC)N(/N=C(\C)CNCc1ccccc1)C(=C)CCCCCCCO. The molecule has 0 amide bonds. The second-order valence-electron chi connectivity index (χ2n) is 7.29. The maximum Gasteiger partial charge on any atom is 0.0602 e. The number of aliphatic hydroxyl groups excluding tert-OH is 1. The lowest BCUT2D eigenvalue weighted by molar-refractivity contribution is 0.282. The highest BCUT2D eigenvalue weighted by molar-refractivity contribution is 5.83. The molecule has 0 unspecified atom stereocenters. The molecular formula is C25H39N3O. The number of aliphatic hydroxyl groups is 1. The Labute approximate surface area is 177 Å². The van der Waals surface area contributed by atoms with E-state index in [1.807, 2.05) is 24.1 Å². The lowest BCUT2D eigenvalue weighted by Crippen LogP contribution is -2.24. The Balaban J connectivity index is 2.65. The van der Waals surface area contributed by atoms with Crippen molar-refractivity contribution in [3.05, 3.63) is 72.6 Å². The Hall–Kier alpha value is -2.17. The molecule has 0 radical (unpaired) electrons. The first-order chi connectivity index (χ1) is 14.1. The molecule has 1 aromatic rings. The summed E-state index contributed by atoms with van der Waals surface area (Å²) in [5.41, 5.74) is 4.25. The fraction of sp³-hybridized carbons (Fsp3) is 0.480. The van der Waals surface area contributed by atoms with E-state index < -0.39 is 0 Å². The fourth-order valence-corrected chi connectivity index (χ4v) is 3.04. The minimum absolute atomic E-state index is 0.289. The van der Waals surface area contributed by atoms with Crippen LogP contribution in [0, 0.1) is 0 Å². The van der Waals surface area contributed by atoms with Gasteiger partial charge in [0.25, 0.3) is 0 Å². The van der Waals surface area contributed by atoms with E-state index in [4.69, 9.17) is 10.2 Å². The van der Waals surface area contributed by atoms with Crippen molar-refractivity contribution in [2.75, 3.05) is 13.2 Å². The van der Waals surface area contributed by atoms with Crippen LogP contribution in [0.25, 0.3) is 0 Å². The quantitative estimate of drug-likeness (QED) is 0.161. The summed E-state index contributed by atoms with van der Waals surface area (Å²) >= 11 is 0. The second-order valence-corrected chi connectivity index (χ2v) is 7.29. The van der Waals surface area contributed by atoms with Gasteiger partial charge in [-0.2, -0.15) is 5.10 Å². The molecule has 1 aromatic carbocycles. The molecule has 4 heteroatoms. The van der Waals surface area contributed by atoms with E-state index in [9.17, 15) is 0 Å². The van der Waals surface area contributed by atoms with Gasteiger partial charge in [-0.15, -0.1) is 0 Å². The van der Waals surface area contributed by atoms with Crippen LogP contribution in [0.4, 0.5) is 0 Å². The number of hydrogen-bond acceptors (Lipinski definition) is 4. The van der Waals surface area contributed by atoms with Gasteiger partial charge in [-0.25, -0.2) is 5.01 Å². The number of nitrogens with zero attached hydrogens (tertiary/aromatic N) is 2. The van der Waals surface area contributed by atoms with E-state index in [1.165, 1.54) is 5.56 Å². The fourth-order valence-electron chi connectivity index (χ4n) is 3.04. The molecule has 0 bridgehead atoms. The van der Waals surface area contributed by atoms with Crippen LogP contribution in [0.1, 0.15) is 64.4 Å². The molecule has 0 aliphatic rings. The van der Waals surface area contributed by atoms with Crippen LogP contribution in [-0.2, 0) is 6.54 Å². The molecule has 0 fully saturated rings. The van der Waals surface area contributed by atoms with Crippen LogP contribution in [0.5, 0.6) is 0 Å². The maximum absolute atomic E-state index is 8.88. The lowest BCUT2D eigenvalue weighted by Gasteiger charge is -2.24. The average molecular weight is 398 g/mol. The molecule has 0 aromatic heterocycles. The average Bonchev–Trinajstić information content (AvgIpc) is 2.73. The van der Waals surface area contributed by atoms with Gasteiger partial charge in [-0.3, -0.25) is 0 Å². The third-order valence-corrected chi connectivity index (χ3v) is 4.61. The molecule has 0 atom stereocenters. The highest BCUT2D eigenvalue weighted by Gasteiger charge is 2.10. The zero-order valence-electron chi connectivity index (χ0n) is 18.4. The first-order valence-electron chi connectivity index (χ1n) is 10.8. The summed E-state index contributed by atoms with van der Waals surface area (Å²) in [6.45, 7) is 14.2. The first kappa shape index (κ1) is 24.9. The highest BCUT2D eigenvalue weighted by Crippen LogP contribution is 2.20. The number of hydrogen-bond donors (Lipinski definition) is 2. The van der Waals surface area contributed by atoms with Crippen molar-refractivity contribution in [2.45, 2.75) is 65.3 Å². The molecule has 0 saturated heterocycles. The van der Waals surface area contributed by atoms with Gasteiger partial charge in [-0.1, -0.05) is 75.8 Å². The van der Waals surface area contributed by atoms with Gasteiger partial charge in [0, 0.05) is 31.1 Å². The molecule has 0 aliphatic carbocycles. The Kier molecular flexibility index (Phi) is 13.5. The number of allylic oxidation sites excluding steroid dienone is 3. The molecule has 160 valence electrons. The summed E-state index contributed by atoms with van der Waals surface area (Å²) in [4.78, 5) is 0. The predicted octanol–water partition coefficient (Wildman–Crippen LogP) is 5.78. The van der Waals surface area contributed by atoms with Gasteiger partial charge in [-0.05, 0) is 44.2 Å². The second kappa shape index (κ2) is 15.7. The molecule has 2 N–H and O–H groups in total. The third-order valence-electron chi connectivity index (χ3n) is 4.61. The van der Waals surface area contributed by atoms with Crippen molar-refractivity contribution >= 4 is 5.71 Å². The zero-order valence-corrected chi connectivity index (χ0v) is 18.4. The van der Waals surface area contributed by atoms with Crippen LogP contribution >= 0.6 is 0 Å². The number of benzene rings is 1. The van der Waals surface area contributed by atoms with Gasteiger partial charge in [0.1, 0.15) is 0 Å². The number of rotatable bonds is 16. The highest BCUT2D eigenvalue weighted by atomic mass is 16.2. The van der Waals surface area contributed by atoms with Gasteiger partial charge >= 0.3 is 0 Å². The van der Waals surface area contributed by atoms with Crippen LogP contribution in [0.2, 0.25) is 0 Å². The van der Waals surface area contributed by atoms with Crippen molar-refractivity contribution in [1.82, 2.24) is 10.3 Å². The zero-order chi connectivity index (χ0) is 21.3. The Bertz CT molecular complexity index is 649. The van der Waals surface area contributed by atoms with Gasteiger partial charge in [0.05, 0.1) is 5.70 Å². The summed E-state index contributed by atoms with van der Waals surface area (Å²) in [5, 5.41) is 19.1. The van der Waals surface area contributed by atoms with Crippen LogP contribution < -0.4 is 5.32 Å². The predicted molar refractivity (Wildman–Crippen MR) is 126 cm³/mol. The minimum atomic E-state index is 0.289. The van der Waals surface area contributed by atoms with Gasteiger partial charge < -0.3 is 10.4 Å². The van der Waals surface area contributed by atoms with E-state index >= 15 is 0 Å². The van der Waals surface area contributed by atoms with Crippen molar-refractivity contribution in [1.29, 1.82) is 0 Å². The molecule has 0 saturated carbocycles. The Morgan fingerprint density at radius 1 is 1.14 bits per heavy atom. The van der Waals surface area contributed by atoms with Crippen molar-refractivity contribution in [2.24, 2.45) is 5.10 Å². The molecule has 1 rings (SSSR count). The van der Waals surface area contributed by atoms with E-state index in [0.29, 0.717) is 0 Å². The Morgan fingerprint density at radius 2 is 1.83 bits per heavy atom. The summed E-state index contributed by atoms with van der Waals surface area (Å²) in [6.07, 6.45) is 11.2. The van der Waals surface area contributed by atoms with Crippen LogP contribution in [-0.4, -0.2) is 29.0 Å². The van der Waals surface area contributed by atoms with Crippen molar-refractivity contribution in [3.63, 3.8) is 0 Å². The van der Waals surface area contributed by atoms with E-state index in [2.05, 4.69) is 55.7 Å². The maximum atomic E-state index is 8.88. The smallest absolute Gasteiger partial charge is 0.0602 e. The first-order valence-corrected chi connectivity index (χ1v) is 10.8.